The van der Waals surface area contributed by atoms with E-state index in [0.29, 0.717) is 18.7 Å². The molecule has 2 aliphatic heterocycles. The number of carbonyl (C=O) groups is 3. The Labute approximate surface area is 170 Å². The fraction of sp³-hybridized carbons (Fsp3) is 0.333. The van der Waals surface area contributed by atoms with Gasteiger partial charge in [-0.1, -0.05) is 12.1 Å². The third-order valence-corrected chi connectivity index (χ3v) is 5.72. The molecule has 0 atom stereocenters. The van der Waals surface area contributed by atoms with Gasteiger partial charge in [0.15, 0.2) is 5.76 Å². The normalized spacial score (nSPS) is 18.8. The first-order valence-electron chi connectivity index (χ1n) is 9.77. The molecule has 1 saturated carbocycles. The maximum atomic E-state index is 13.6. The fourth-order valence-corrected chi connectivity index (χ4v) is 4.04. The van der Waals surface area contributed by atoms with E-state index in [9.17, 15) is 23.6 Å². The van der Waals surface area contributed by atoms with Crippen molar-refractivity contribution < 1.29 is 23.3 Å². The molecule has 1 aromatic heterocycles. The monoisotopic (exact) mass is 411 g/mol. The van der Waals surface area contributed by atoms with E-state index in [0.717, 1.165) is 22.5 Å². The van der Waals surface area contributed by atoms with Crippen LogP contribution in [0.25, 0.3) is 0 Å². The number of benzene rings is 1. The quantitative estimate of drug-likeness (QED) is 0.699. The summed E-state index contributed by atoms with van der Waals surface area (Å²) in [6, 6.07) is 6.55. The molecule has 3 heterocycles. The molecule has 30 heavy (non-hydrogen) atoms. The van der Waals surface area contributed by atoms with E-state index in [1.54, 1.807) is 17.0 Å². The Balaban J connectivity index is 1.37. The SMILES string of the molecule is O=C1c2ccccc2C(=O)N1C/C(=C\F)Cn1oc2c(c1=O)C(=O)N(C1CC1)CC2. The largest absolute Gasteiger partial charge is 0.380 e. The zero-order chi connectivity index (χ0) is 21.0. The van der Waals surface area contributed by atoms with Crippen LogP contribution in [0, 0.1) is 0 Å². The van der Waals surface area contributed by atoms with Crippen LogP contribution in [0.1, 0.15) is 49.7 Å². The first-order valence-corrected chi connectivity index (χ1v) is 9.77. The lowest BCUT2D eigenvalue weighted by atomic mass is 10.1. The highest BCUT2D eigenvalue weighted by Gasteiger charge is 2.40. The van der Waals surface area contributed by atoms with Crippen molar-refractivity contribution >= 4 is 17.7 Å². The topological polar surface area (TPSA) is 92.8 Å². The van der Waals surface area contributed by atoms with Gasteiger partial charge in [0.05, 0.1) is 30.5 Å². The van der Waals surface area contributed by atoms with Gasteiger partial charge in [0.1, 0.15) is 5.56 Å². The first kappa shape index (κ1) is 18.5. The minimum atomic E-state index is -0.623. The van der Waals surface area contributed by atoms with Crippen LogP contribution in [0.4, 0.5) is 4.39 Å². The minimum absolute atomic E-state index is 0.00389. The predicted octanol–water partition coefficient (Wildman–Crippen LogP) is 1.75. The molecule has 0 saturated heterocycles. The van der Waals surface area contributed by atoms with Crippen molar-refractivity contribution in [3.8, 4) is 0 Å². The number of imide groups is 1. The van der Waals surface area contributed by atoms with Gasteiger partial charge in [-0.15, -0.1) is 0 Å². The van der Waals surface area contributed by atoms with Crippen molar-refractivity contribution in [3.63, 3.8) is 0 Å². The molecule has 3 amide bonds. The Morgan fingerprint density at radius 3 is 2.30 bits per heavy atom. The van der Waals surface area contributed by atoms with Gasteiger partial charge in [0.25, 0.3) is 23.3 Å². The second kappa shape index (κ2) is 6.79. The third-order valence-electron chi connectivity index (χ3n) is 5.72. The molecule has 1 fully saturated rings. The number of rotatable bonds is 5. The Hall–Kier alpha value is -3.49. The number of hydrogen-bond donors (Lipinski definition) is 0. The Morgan fingerprint density at radius 2 is 1.70 bits per heavy atom. The van der Waals surface area contributed by atoms with Crippen LogP contribution < -0.4 is 5.56 Å². The number of halogens is 1. The molecule has 0 bridgehead atoms. The lowest BCUT2D eigenvalue weighted by molar-refractivity contribution is 0.0660. The van der Waals surface area contributed by atoms with E-state index in [-0.39, 0.29) is 53.6 Å². The molecular weight excluding hydrogens is 393 g/mol. The lowest BCUT2D eigenvalue weighted by Crippen LogP contribution is -2.41. The summed E-state index contributed by atoms with van der Waals surface area (Å²) in [6.07, 6.45) is 2.55. The average molecular weight is 411 g/mol. The maximum absolute atomic E-state index is 13.6. The van der Waals surface area contributed by atoms with Gasteiger partial charge in [-0.3, -0.25) is 24.1 Å². The van der Waals surface area contributed by atoms with Gasteiger partial charge in [0, 0.05) is 24.6 Å². The van der Waals surface area contributed by atoms with Crippen molar-refractivity contribution in [2.45, 2.75) is 31.8 Å². The summed E-state index contributed by atoms with van der Waals surface area (Å²) in [5.41, 5.74) is -0.104. The highest BCUT2D eigenvalue weighted by molar-refractivity contribution is 6.21. The van der Waals surface area contributed by atoms with Crippen LogP contribution in [0.3, 0.4) is 0 Å². The lowest BCUT2D eigenvalue weighted by Gasteiger charge is -2.24. The molecule has 0 radical (unpaired) electrons. The highest BCUT2D eigenvalue weighted by atomic mass is 19.1. The molecule has 0 spiro atoms. The zero-order valence-electron chi connectivity index (χ0n) is 16.0. The maximum Gasteiger partial charge on any atom is 0.295 e. The van der Waals surface area contributed by atoms with Gasteiger partial charge < -0.3 is 9.42 Å². The molecule has 0 unspecified atom stereocenters. The standard InChI is InChI=1S/C21H18FN3O5/c22-9-12(10-24-18(26)14-3-1-2-4-15(14)19(24)27)11-25-21(29)17-16(30-25)7-8-23(20(17)28)13-5-6-13/h1-4,9,13H,5-8,10-11H2/b12-9+. The zero-order valence-corrected chi connectivity index (χ0v) is 16.0. The summed E-state index contributed by atoms with van der Waals surface area (Å²) in [6.45, 7) is -0.125. The van der Waals surface area contributed by atoms with E-state index in [2.05, 4.69) is 0 Å². The molecule has 1 aromatic carbocycles. The number of carbonyl (C=O) groups excluding carboxylic acids is 3. The van der Waals surface area contributed by atoms with E-state index in [1.807, 2.05) is 0 Å². The predicted molar refractivity (Wildman–Crippen MR) is 102 cm³/mol. The fourth-order valence-electron chi connectivity index (χ4n) is 4.04. The summed E-state index contributed by atoms with van der Waals surface area (Å²) in [4.78, 5) is 53.0. The van der Waals surface area contributed by atoms with Crippen LogP contribution in [-0.2, 0) is 13.0 Å². The van der Waals surface area contributed by atoms with Crippen molar-refractivity contribution in [3.05, 3.63) is 69.0 Å². The molecule has 5 rings (SSSR count). The van der Waals surface area contributed by atoms with Gasteiger partial charge in [-0.25, -0.2) is 4.39 Å². The van der Waals surface area contributed by atoms with Gasteiger partial charge in [-0.2, -0.15) is 4.74 Å². The second-order valence-electron chi connectivity index (χ2n) is 7.72. The molecule has 9 heteroatoms. The van der Waals surface area contributed by atoms with Crippen LogP contribution in [-0.4, -0.2) is 51.4 Å². The smallest absolute Gasteiger partial charge is 0.295 e. The highest BCUT2D eigenvalue weighted by Crippen LogP contribution is 2.31. The molecule has 2 aromatic rings. The second-order valence-corrected chi connectivity index (χ2v) is 7.72. The van der Waals surface area contributed by atoms with Gasteiger partial charge >= 0.3 is 0 Å². The summed E-state index contributed by atoms with van der Waals surface area (Å²) in [7, 11) is 0. The van der Waals surface area contributed by atoms with Crippen LogP contribution in [0.2, 0.25) is 0 Å². The first-order chi connectivity index (χ1) is 14.5. The minimum Gasteiger partial charge on any atom is -0.380 e. The summed E-state index contributed by atoms with van der Waals surface area (Å²) in [5, 5.41) is 0. The van der Waals surface area contributed by atoms with Gasteiger partial charge in [-0.05, 0) is 25.0 Å². The third kappa shape index (κ3) is 2.80. The van der Waals surface area contributed by atoms with Crippen LogP contribution in [0.5, 0.6) is 0 Å². The number of hydrogen-bond acceptors (Lipinski definition) is 5. The Morgan fingerprint density at radius 1 is 1.03 bits per heavy atom. The number of aromatic nitrogens is 1. The van der Waals surface area contributed by atoms with E-state index in [1.165, 1.54) is 12.1 Å². The Bertz CT molecular complexity index is 1140. The van der Waals surface area contributed by atoms with E-state index < -0.39 is 17.4 Å². The van der Waals surface area contributed by atoms with Gasteiger partial charge in [0.2, 0.25) is 0 Å². The van der Waals surface area contributed by atoms with Crippen LogP contribution in [0.15, 0.2) is 45.5 Å². The van der Waals surface area contributed by atoms with E-state index >= 15 is 0 Å². The number of amides is 3. The van der Waals surface area contributed by atoms with Crippen molar-refractivity contribution in [1.82, 2.24) is 14.5 Å². The summed E-state index contributed by atoms with van der Waals surface area (Å²) < 4.78 is 20.1. The van der Waals surface area contributed by atoms with Crippen molar-refractivity contribution in [2.24, 2.45) is 0 Å². The van der Waals surface area contributed by atoms with E-state index in [4.69, 9.17) is 4.52 Å². The summed E-state index contributed by atoms with van der Waals surface area (Å²) in [5.74, 6) is -1.09. The molecule has 154 valence electrons. The molecule has 0 N–H and O–H groups in total. The Kier molecular flexibility index (Phi) is 4.19. The van der Waals surface area contributed by atoms with Crippen LogP contribution >= 0.6 is 0 Å². The number of fused-ring (bicyclic) bond motifs is 2. The molecular formula is C21H18FN3O5. The molecule has 3 aliphatic rings. The number of nitrogens with zero attached hydrogens (tertiary/aromatic N) is 3. The average Bonchev–Trinajstić information content (AvgIpc) is 3.50. The molecule has 1 aliphatic carbocycles. The van der Waals surface area contributed by atoms with Crippen molar-refractivity contribution in [2.75, 3.05) is 13.1 Å². The summed E-state index contributed by atoms with van der Waals surface area (Å²) >= 11 is 0. The van der Waals surface area contributed by atoms with Crippen molar-refractivity contribution in [1.29, 1.82) is 0 Å². The molecule has 8 nitrogen and oxygen atoms in total.